The van der Waals surface area contributed by atoms with E-state index in [1.807, 2.05) is 11.9 Å². The van der Waals surface area contributed by atoms with Crippen LogP contribution in [0.15, 0.2) is 0 Å². The highest BCUT2D eigenvalue weighted by molar-refractivity contribution is 7.96. The molecule has 0 aliphatic carbocycles. The summed E-state index contributed by atoms with van der Waals surface area (Å²) in [6.07, 6.45) is 3.45. The Labute approximate surface area is 78.9 Å². The maximum absolute atomic E-state index is 11.0. The standard InChI is InChI=1S/C8H16N2OS/c1-9-6-7-4-2-3-5-10(7)8(11)12/h7,9H,2-6H2,1H3,(H,11,12). The molecular weight excluding hydrogens is 172 g/mol. The summed E-state index contributed by atoms with van der Waals surface area (Å²) in [5, 5.41) is 3.01. The first-order valence-electron chi connectivity index (χ1n) is 4.40. The molecule has 0 bridgehead atoms. The number of carbonyl (C=O) groups is 1. The number of likely N-dealkylation sites (N-methyl/N-ethyl adjacent to an activating group) is 1. The summed E-state index contributed by atoms with van der Waals surface area (Å²) in [4.78, 5) is 12.9. The van der Waals surface area contributed by atoms with Crippen molar-refractivity contribution >= 4 is 17.9 Å². The van der Waals surface area contributed by atoms with Gasteiger partial charge in [0.1, 0.15) is 0 Å². The lowest BCUT2D eigenvalue weighted by Gasteiger charge is -2.34. The number of nitrogens with zero attached hydrogens (tertiary/aromatic N) is 1. The summed E-state index contributed by atoms with van der Waals surface area (Å²) in [5.41, 5.74) is 0. The zero-order valence-electron chi connectivity index (χ0n) is 7.42. The van der Waals surface area contributed by atoms with Crippen LogP contribution in [0.5, 0.6) is 0 Å². The number of thiol groups is 1. The van der Waals surface area contributed by atoms with Crippen LogP contribution in [-0.4, -0.2) is 36.3 Å². The van der Waals surface area contributed by atoms with Gasteiger partial charge in [-0.2, -0.15) is 0 Å². The molecule has 0 saturated carbocycles. The fourth-order valence-electron chi connectivity index (χ4n) is 1.70. The van der Waals surface area contributed by atoms with Crippen molar-refractivity contribution in [1.82, 2.24) is 10.2 Å². The van der Waals surface area contributed by atoms with Crippen LogP contribution in [0.1, 0.15) is 19.3 Å². The third kappa shape index (κ3) is 2.38. The van der Waals surface area contributed by atoms with Gasteiger partial charge in [0.05, 0.1) is 0 Å². The zero-order chi connectivity index (χ0) is 8.97. The number of hydrogen-bond acceptors (Lipinski definition) is 2. The minimum Gasteiger partial charge on any atom is -0.330 e. The molecule has 1 unspecified atom stereocenters. The number of likely N-dealkylation sites (tertiary alicyclic amines) is 1. The minimum absolute atomic E-state index is 0.0880. The molecule has 0 radical (unpaired) electrons. The Balaban J connectivity index is 2.48. The smallest absolute Gasteiger partial charge is 0.278 e. The summed E-state index contributed by atoms with van der Waals surface area (Å²) in [6, 6.07) is 0.355. The van der Waals surface area contributed by atoms with Gasteiger partial charge < -0.3 is 10.2 Å². The molecule has 1 fully saturated rings. The van der Waals surface area contributed by atoms with Crippen molar-refractivity contribution in [1.29, 1.82) is 0 Å². The average Bonchev–Trinajstić information content (AvgIpc) is 2.05. The van der Waals surface area contributed by atoms with Crippen LogP contribution in [0, 0.1) is 0 Å². The highest BCUT2D eigenvalue weighted by atomic mass is 32.1. The van der Waals surface area contributed by atoms with Crippen molar-refractivity contribution in [3.63, 3.8) is 0 Å². The van der Waals surface area contributed by atoms with Crippen LogP contribution in [0.4, 0.5) is 4.79 Å². The average molecular weight is 188 g/mol. The van der Waals surface area contributed by atoms with Crippen LogP contribution in [0.2, 0.25) is 0 Å². The molecule has 1 atom stereocenters. The van der Waals surface area contributed by atoms with Gasteiger partial charge in [-0.15, -0.1) is 0 Å². The molecule has 3 nitrogen and oxygen atoms in total. The molecule has 0 aromatic carbocycles. The van der Waals surface area contributed by atoms with Crippen molar-refractivity contribution in [2.75, 3.05) is 20.1 Å². The number of carbonyl (C=O) groups excluding carboxylic acids is 1. The number of piperidine rings is 1. The monoisotopic (exact) mass is 188 g/mol. The third-order valence-corrected chi connectivity index (χ3v) is 2.57. The van der Waals surface area contributed by atoms with E-state index in [0.29, 0.717) is 6.04 Å². The van der Waals surface area contributed by atoms with Crippen molar-refractivity contribution < 1.29 is 4.79 Å². The molecule has 1 amide bonds. The summed E-state index contributed by atoms with van der Waals surface area (Å²) < 4.78 is 0. The predicted molar refractivity (Wildman–Crippen MR) is 52.7 cm³/mol. The van der Waals surface area contributed by atoms with E-state index in [-0.39, 0.29) is 5.24 Å². The molecular formula is C8H16N2OS. The lowest BCUT2D eigenvalue weighted by molar-refractivity contribution is 0.173. The van der Waals surface area contributed by atoms with E-state index in [2.05, 4.69) is 17.9 Å². The number of rotatable bonds is 2. The Morgan fingerprint density at radius 3 is 3.00 bits per heavy atom. The van der Waals surface area contributed by atoms with E-state index >= 15 is 0 Å². The fourth-order valence-corrected chi connectivity index (χ4v) is 1.96. The molecule has 1 N–H and O–H groups in total. The Morgan fingerprint density at radius 1 is 1.67 bits per heavy atom. The van der Waals surface area contributed by atoms with Crippen LogP contribution in [0.3, 0.4) is 0 Å². The SMILES string of the molecule is CNCC1CCCCN1C(=O)S. The highest BCUT2D eigenvalue weighted by Crippen LogP contribution is 2.17. The normalized spacial score (nSPS) is 24.2. The number of hydrogen-bond donors (Lipinski definition) is 2. The third-order valence-electron chi connectivity index (χ3n) is 2.31. The van der Waals surface area contributed by atoms with Gasteiger partial charge in [-0.25, -0.2) is 0 Å². The topological polar surface area (TPSA) is 32.3 Å². The zero-order valence-corrected chi connectivity index (χ0v) is 8.31. The molecule has 1 heterocycles. The molecule has 0 aromatic heterocycles. The van der Waals surface area contributed by atoms with Crippen molar-refractivity contribution in [2.45, 2.75) is 25.3 Å². The second-order valence-electron chi connectivity index (χ2n) is 3.18. The van der Waals surface area contributed by atoms with Gasteiger partial charge in [-0.3, -0.25) is 4.79 Å². The molecule has 70 valence electrons. The first-order chi connectivity index (χ1) is 5.75. The van der Waals surface area contributed by atoms with Crippen LogP contribution in [0.25, 0.3) is 0 Å². The minimum atomic E-state index is -0.0880. The van der Waals surface area contributed by atoms with E-state index < -0.39 is 0 Å². The van der Waals surface area contributed by atoms with Crippen LogP contribution in [-0.2, 0) is 0 Å². The number of amides is 1. The summed E-state index contributed by atoms with van der Waals surface area (Å²) in [5.74, 6) is 0. The van der Waals surface area contributed by atoms with Crippen molar-refractivity contribution in [2.24, 2.45) is 0 Å². The van der Waals surface area contributed by atoms with E-state index in [0.717, 1.165) is 25.9 Å². The van der Waals surface area contributed by atoms with Gasteiger partial charge in [0.25, 0.3) is 5.24 Å². The van der Waals surface area contributed by atoms with Gasteiger partial charge in [-0.05, 0) is 26.3 Å². The summed E-state index contributed by atoms with van der Waals surface area (Å²) in [7, 11) is 1.91. The largest absolute Gasteiger partial charge is 0.330 e. The quantitative estimate of drug-likeness (QED) is 0.636. The highest BCUT2D eigenvalue weighted by Gasteiger charge is 2.23. The van der Waals surface area contributed by atoms with Gasteiger partial charge >= 0.3 is 0 Å². The van der Waals surface area contributed by atoms with E-state index in [4.69, 9.17) is 0 Å². The molecule has 1 saturated heterocycles. The van der Waals surface area contributed by atoms with Crippen LogP contribution < -0.4 is 5.32 Å². The predicted octanol–water partition coefficient (Wildman–Crippen LogP) is 1.11. The second-order valence-corrected chi connectivity index (χ2v) is 3.57. The molecule has 0 aromatic rings. The molecule has 0 spiro atoms. The van der Waals surface area contributed by atoms with Gasteiger partial charge in [0, 0.05) is 19.1 Å². The lowest BCUT2D eigenvalue weighted by Crippen LogP contribution is -2.46. The molecule has 1 rings (SSSR count). The maximum atomic E-state index is 11.0. The molecule has 12 heavy (non-hydrogen) atoms. The van der Waals surface area contributed by atoms with Gasteiger partial charge in [-0.1, -0.05) is 12.6 Å². The molecule has 1 aliphatic rings. The number of nitrogens with one attached hydrogen (secondary N) is 1. The summed E-state index contributed by atoms with van der Waals surface area (Å²) in [6.45, 7) is 1.75. The fraction of sp³-hybridized carbons (Fsp3) is 0.875. The first-order valence-corrected chi connectivity index (χ1v) is 4.84. The van der Waals surface area contributed by atoms with Gasteiger partial charge in [0.15, 0.2) is 0 Å². The van der Waals surface area contributed by atoms with E-state index in [1.165, 1.54) is 6.42 Å². The second kappa shape index (κ2) is 4.72. The van der Waals surface area contributed by atoms with Crippen molar-refractivity contribution in [3.05, 3.63) is 0 Å². The Kier molecular flexibility index (Phi) is 3.88. The Bertz CT molecular complexity index is 161. The van der Waals surface area contributed by atoms with E-state index in [9.17, 15) is 4.79 Å². The maximum Gasteiger partial charge on any atom is 0.278 e. The van der Waals surface area contributed by atoms with Gasteiger partial charge in [0.2, 0.25) is 0 Å². The molecule has 1 aliphatic heterocycles. The first kappa shape index (κ1) is 9.86. The Hall–Kier alpha value is -0.220. The van der Waals surface area contributed by atoms with Crippen molar-refractivity contribution in [3.8, 4) is 0 Å². The van der Waals surface area contributed by atoms with E-state index in [1.54, 1.807) is 0 Å². The summed E-state index contributed by atoms with van der Waals surface area (Å²) >= 11 is 3.85. The lowest BCUT2D eigenvalue weighted by atomic mass is 10.0. The molecule has 4 heteroatoms. The Morgan fingerprint density at radius 2 is 2.42 bits per heavy atom. The van der Waals surface area contributed by atoms with Crippen LogP contribution >= 0.6 is 12.6 Å².